The highest BCUT2D eigenvalue weighted by Crippen LogP contribution is 2.15. The van der Waals surface area contributed by atoms with Gasteiger partial charge in [0, 0.05) is 19.1 Å². The average molecular weight is 318 g/mol. The summed E-state index contributed by atoms with van der Waals surface area (Å²) in [5.74, 6) is -0.00719. The zero-order valence-electron chi connectivity index (χ0n) is 14.2. The number of nitrogens with zero attached hydrogens (tertiary/aromatic N) is 1. The molecule has 1 aliphatic heterocycles. The fourth-order valence-electron chi connectivity index (χ4n) is 2.65. The van der Waals surface area contributed by atoms with Gasteiger partial charge in [-0.25, -0.2) is 4.79 Å². The first-order chi connectivity index (χ1) is 10.8. The Kier molecular flexibility index (Phi) is 5.64. The largest absolute Gasteiger partial charge is 0.444 e. The number of benzene rings is 1. The molecule has 1 saturated heterocycles. The van der Waals surface area contributed by atoms with Crippen molar-refractivity contribution in [1.82, 2.24) is 10.2 Å². The highest BCUT2D eigenvalue weighted by molar-refractivity contribution is 5.79. The van der Waals surface area contributed by atoms with Gasteiger partial charge in [0.2, 0.25) is 5.91 Å². The standard InChI is InChI=1S/C18H26N2O3/c1-18(2,3)23-17(22)20-11-7-10-15(13-20)19-16(21)12-14-8-5-4-6-9-14/h4-6,8-9,15H,7,10-13H2,1-3H3,(H,19,21). The van der Waals surface area contributed by atoms with Crippen molar-refractivity contribution in [2.24, 2.45) is 0 Å². The highest BCUT2D eigenvalue weighted by atomic mass is 16.6. The Hall–Kier alpha value is -2.04. The average Bonchev–Trinajstić information content (AvgIpc) is 2.46. The molecule has 1 unspecified atom stereocenters. The van der Waals surface area contributed by atoms with Crippen LogP contribution in [0.3, 0.4) is 0 Å². The van der Waals surface area contributed by atoms with E-state index in [4.69, 9.17) is 4.74 Å². The second kappa shape index (κ2) is 7.49. The summed E-state index contributed by atoms with van der Waals surface area (Å²) in [7, 11) is 0. The van der Waals surface area contributed by atoms with Crippen LogP contribution >= 0.6 is 0 Å². The van der Waals surface area contributed by atoms with Gasteiger partial charge in [-0.05, 0) is 39.2 Å². The summed E-state index contributed by atoms with van der Waals surface area (Å²) >= 11 is 0. The first kappa shape index (κ1) is 17.3. The van der Waals surface area contributed by atoms with Crippen LogP contribution in [0, 0.1) is 0 Å². The van der Waals surface area contributed by atoms with Gasteiger partial charge in [0.1, 0.15) is 5.60 Å². The summed E-state index contributed by atoms with van der Waals surface area (Å²) in [6.45, 7) is 6.76. The molecule has 1 N–H and O–H groups in total. The molecule has 1 fully saturated rings. The molecule has 23 heavy (non-hydrogen) atoms. The number of piperidine rings is 1. The molecule has 0 aromatic heterocycles. The van der Waals surface area contributed by atoms with Gasteiger partial charge in [-0.1, -0.05) is 30.3 Å². The van der Waals surface area contributed by atoms with E-state index >= 15 is 0 Å². The lowest BCUT2D eigenvalue weighted by Gasteiger charge is -2.34. The summed E-state index contributed by atoms with van der Waals surface area (Å²) < 4.78 is 5.40. The molecule has 5 nitrogen and oxygen atoms in total. The van der Waals surface area contributed by atoms with E-state index < -0.39 is 5.60 Å². The van der Waals surface area contributed by atoms with E-state index in [0.29, 0.717) is 19.5 Å². The normalized spacial score (nSPS) is 18.4. The maximum absolute atomic E-state index is 12.1. The summed E-state index contributed by atoms with van der Waals surface area (Å²) in [5.41, 5.74) is 0.491. The summed E-state index contributed by atoms with van der Waals surface area (Å²) in [6, 6.07) is 9.65. The molecule has 0 spiro atoms. The van der Waals surface area contributed by atoms with Gasteiger partial charge in [-0.3, -0.25) is 4.79 Å². The van der Waals surface area contributed by atoms with Gasteiger partial charge in [0.25, 0.3) is 0 Å². The Balaban J connectivity index is 1.84. The Morgan fingerprint density at radius 3 is 2.61 bits per heavy atom. The molecule has 2 amide bonds. The second-order valence-corrected chi connectivity index (χ2v) is 7.00. The third-order valence-electron chi connectivity index (χ3n) is 3.65. The molecule has 0 aliphatic carbocycles. The number of likely N-dealkylation sites (tertiary alicyclic amines) is 1. The Bertz CT molecular complexity index is 537. The molecular weight excluding hydrogens is 292 g/mol. The number of carbonyl (C=O) groups is 2. The van der Waals surface area contributed by atoms with Crippen LogP contribution in [0.1, 0.15) is 39.2 Å². The molecule has 1 aromatic rings. The topological polar surface area (TPSA) is 58.6 Å². The van der Waals surface area contributed by atoms with Gasteiger partial charge in [0.15, 0.2) is 0 Å². The van der Waals surface area contributed by atoms with Gasteiger partial charge in [-0.2, -0.15) is 0 Å². The third kappa shape index (κ3) is 5.93. The second-order valence-electron chi connectivity index (χ2n) is 7.00. The minimum atomic E-state index is -0.499. The van der Waals surface area contributed by atoms with Gasteiger partial charge >= 0.3 is 6.09 Å². The van der Waals surface area contributed by atoms with E-state index in [1.807, 2.05) is 51.1 Å². The quantitative estimate of drug-likeness (QED) is 0.932. The van der Waals surface area contributed by atoms with Crippen molar-refractivity contribution < 1.29 is 14.3 Å². The van der Waals surface area contributed by atoms with Gasteiger partial charge in [0.05, 0.1) is 6.42 Å². The van der Waals surface area contributed by atoms with E-state index in [-0.39, 0.29) is 18.0 Å². The Labute approximate surface area is 138 Å². The lowest BCUT2D eigenvalue weighted by atomic mass is 10.1. The number of rotatable bonds is 3. The molecule has 0 bridgehead atoms. The molecule has 126 valence electrons. The molecule has 0 saturated carbocycles. The predicted molar refractivity (Wildman–Crippen MR) is 89.1 cm³/mol. The van der Waals surface area contributed by atoms with Crippen LogP contribution in [0.4, 0.5) is 4.79 Å². The lowest BCUT2D eigenvalue weighted by Crippen LogP contribution is -2.50. The van der Waals surface area contributed by atoms with Crippen molar-refractivity contribution in [3.05, 3.63) is 35.9 Å². The van der Waals surface area contributed by atoms with Crippen LogP contribution in [0.2, 0.25) is 0 Å². The van der Waals surface area contributed by atoms with E-state index in [0.717, 1.165) is 18.4 Å². The molecule has 5 heteroatoms. The van der Waals surface area contributed by atoms with Crippen molar-refractivity contribution in [3.8, 4) is 0 Å². The van der Waals surface area contributed by atoms with E-state index in [2.05, 4.69) is 5.32 Å². The minimum absolute atomic E-state index is 0.00696. The smallest absolute Gasteiger partial charge is 0.410 e. The van der Waals surface area contributed by atoms with Gasteiger partial charge < -0.3 is 15.0 Å². The minimum Gasteiger partial charge on any atom is -0.444 e. The summed E-state index contributed by atoms with van der Waals surface area (Å²) in [6.07, 6.45) is 1.82. The fourth-order valence-corrected chi connectivity index (χ4v) is 2.65. The van der Waals surface area contributed by atoms with Crippen LogP contribution in [0.15, 0.2) is 30.3 Å². The monoisotopic (exact) mass is 318 g/mol. The van der Waals surface area contributed by atoms with Crippen LogP contribution in [0.25, 0.3) is 0 Å². The maximum Gasteiger partial charge on any atom is 0.410 e. The number of hydrogen-bond donors (Lipinski definition) is 1. The van der Waals surface area contributed by atoms with Crippen LogP contribution < -0.4 is 5.32 Å². The van der Waals surface area contributed by atoms with E-state index in [1.54, 1.807) is 4.90 Å². The molecule has 1 aliphatic rings. The zero-order valence-corrected chi connectivity index (χ0v) is 14.2. The van der Waals surface area contributed by atoms with E-state index in [9.17, 15) is 9.59 Å². The van der Waals surface area contributed by atoms with Gasteiger partial charge in [-0.15, -0.1) is 0 Å². The molecule has 1 aromatic carbocycles. The van der Waals surface area contributed by atoms with Crippen LogP contribution in [0.5, 0.6) is 0 Å². The van der Waals surface area contributed by atoms with Crippen molar-refractivity contribution in [2.45, 2.75) is 51.7 Å². The first-order valence-electron chi connectivity index (χ1n) is 8.15. The van der Waals surface area contributed by atoms with Crippen molar-refractivity contribution in [3.63, 3.8) is 0 Å². The van der Waals surface area contributed by atoms with Crippen molar-refractivity contribution in [2.75, 3.05) is 13.1 Å². The number of ether oxygens (including phenoxy) is 1. The summed E-state index contributed by atoms with van der Waals surface area (Å²) in [5, 5.41) is 3.03. The maximum atomic E-state index is 12.1. The molecule has 0 radical (unpaired) electrons. The number of nitrogens with one attached hydrogen (secondary N) is 1. The molecular formula is C18H26N2O3. The van der Waals surface area contributed by atoms with Crippen LogP contribution in [-0.2, 0) is 16.0 Å². The third-order valence-corrected chi connectivity index (χ3v) is 3.65. The highest BCUT2D eigenvalue weighted by Gasteiger charge is 2.28. The Morgan fingerprint density at radius 2 is 1.96 bits per heavy atom. The SMILES string of the molecule is CC(C)(C)OC(=O)N1CCCC(NC(=O)Cc2ccccc2)C1. The predicted octanol–water partition coefficient (Wildman–Crippen LogP) is 2.74. The first-order valence-corrected chi connectivity index (χ1v) is 8.15. The number of amides is 2. The molecule has 2 rings (SSSR count). The fraction of sp³-hybridized carbons (Fsp3) is 0.556. The number of carbonyl (C=O) groups excluding carboxylic acids is 2. The Morgan fingerprint density at radius 1 is 1.26 bits per heavy atom. The molecule has 1 heterocycles. The summed E-state index contributed by atoms with van der Waals surface area (Å²) in [4.78, 5) is 26.0. The molecule has 1 atom stereocenters. The zero-order chi connectivity index (χ0) is 16.9. The lowest BCUT2D eigenvalue weighted by molar-refractivity contribution is -0.121. The number of hydrogen-bond acceptors (Lipinski definition) is 3. The van der Waals surface area contributed by atoms with E-state index in [1.165, 1.54) is 0 Å². The van der Waals surface area contributed by atoms with Crippen LogP contribution in [-0.4, -0.2) is 41.6 Å². The van der Waals surface area contributed by atoms with Crippen molar-refractivity contribution in [1.29, 1.82) is 0 Å². The van der Waals surface area contributed by atoms with Crippen molar-refractivity contribution >= 4 is 12.0 Å².